The summed E-state index contributed by atoms with van der Waals surface area (Å²) in [6.07, 6.45) is 1.71. The number of benzene rings is 1. The SMILES string of the molecule is O=C(CO)NCCOc1cccc2cccnc12. The van der Waals surface area contributed by atoms with E-state index in [1.165, 1.54) is 0 Å². The lowest BCUT2D eigenvalue weighted by Gasteiger charge is -2.08. The van der Waals surface area contributed by atoms with Gasteiger partial charge in [0.1, 0.15) is 24.5 Å². The van der Waals surface area contributed by atoms with Crippen LogP contribution in [0.5, 0.6) is 5.75 Å². The minimum Gasteiger partial charge on any atom is -0.489 e. The Balaban J connectivity index is 1.97. The molecule has 0 saturated carbocycles. The van der Waals surface area contributed by atoms with Gasteiger partial charge in [0.15, 0.2) is 0 Å². The number of fused-ring (bicyclic) bond motifs is 1. The Hall–Kier alpha value is -2.14. The third-order valence-electron chi connectivity index (χ3n) is 2.42. The molecule has 0 saturated heterocycles. The maximum atomic E-state index is 10.8. The van der Waals surface area contributed by atoms with Crippen LogP contribution in [0.3, 0.4) is 0 Å². The summed E-state index contributed by atoms with van der Waals surface area (Å²) in [6.45, 7) is 0.180. The van der Waals surface area contributed by atoms with Gasteiger partial charge in [-0.3, -0.25) is 9.78 Å². The van der Waals surface area contributed by atoms with Crippen molar-refractivity contribution >= 4 is 16.8 Å². The van der Waals surface area contributed by atoms with Gasteiger partial charge in [0.2, 0.25) is 5.91 Å². The molecule has 2 N–H and O–H groups in total. The van der Waals surface area contributed by atoms with Crippen molar-refractivity contribution in [3.05, 3.63) is 36.5 Å². The second-order valence-corrected chi connectivity index (χ2v) is 3.69. The lowest BCUT2D eigenvalue weighted by atomic mass is 10.2. The molecule has 2 aromatic rings. The first-order valence-corrected chi connectivity index (χ1v) is 5.65. The topological polar surface area (TPSA) is 71.5 Å². The largest absolute Gasteiger partial charge is 0.489 e. The number of pyridine rings is 1. The van der Waals surface area contributed by atoms with E-state index in [9.17, 15) is 4.79 Å². The number of aliphatic hydroxyl groups is 1. The van der Waals surface area contributed by atoms with Crippen LogP contribution >= 0.6 is 0 Å². The Morgan fingerprint density at radius 1 is 1.33 bits per heavy atom. The Morgan fingerprint density at radius 2 is 2.17 bits per heavy atom. The molecule has 5 heteroatoms. The molecule has 5 nitrogen and oxygen atoms in total. The van der Waals surface area contributed by atoms with Gasteiger partial charge in [-0.15, -0.1) is 0 Å². The molecule has 1 aromatic heterocycles. The van der Waals surface area contributed by atoms with Gasteiger partial charge in [0.05, 0.1) is 6.54 Å². The summed E-state index contributed by atoms with van der Waals surface area (Å²) in [6, 6.07) is 9.52. The van der Waals surface area contributed by atoms with E-state index < -0.39 is 12.5 Å². The van der Waals surface area contributed by atoms with E-state index in [4.69, 9.17) is 9.84 Å². The van der Waals surface area contributed by atoms with Crippen molar-refractivity contribution in [3.8, 4) is 5.75 Å². The van der Waals surface area contributed by atoms with Gasteiger partial charge < -0.3 is 15.2 Å². The Bertz CT molecular complexity index is 537. The van der Waals surface area contributed by atoms with Crippen LogP contribution in [0.2, 0.25) is 0 Å². The number of ether oxygens (including phenoxy) is 1. The van der Waals surface area contributed by atoms with Crippen LogP contribution in [0, 0.1) is 0 Å². The fraction of sp³-hybridized carbons (Fsp3) is 0.231. The first-order chi connectivity index (χ1) is 8.81. The van der Waals surface area contributed by atoms with Crippen molar-refractivity contribution in [2.24, 2.45) is 0 Å². The molecule has 0 fully saturated rings. The summed E-state index contributed by atoms with van der Waals surface area (Å²) in [5.74, 6) is 0.279. The molecule has 0 aliphatic carbocycles. The Morgan fingerprint density at radius 3 is 3.00 bits per heavy atom. The van der Waals surface area contributed by atoms with Crippen molar-refractivity contribution in [1.29, 1.82) is 0 Å². The predicted octanol–water partition coefficient (Wildman–Crippen LogP) is 0.722. The molecule has 18 heavy (non-hydrogen) atoms. The summed E-state index contributed by atoms with van der Waals surface area (Å²) in [5, 5.41) is 12.1. The van der Waals surface area contributed by atoms with E-state index in [0.29, 0.717) is 18.9 Å². The number of carbonyl (C=O) groups excluding carboxylic acids is 1. The monoisotopic (exact) mass is 246 g/mol. The predicted molar refractivity (Wildman–Crippen MR) is 67.3 cm³/mol. The molecule has 1 heterocycles. The highest BCUT2D eigenvalue weighted by molar-refractivity contribution is 5.84. The summed E-state index contributed by atoms with van der Waals surface area (Å²) < 4.78 is 5.56. The Kier molecular flexibility index (Phi) is 4.09. The van der Waals surface area contributed by atoms with Crippen LogP contribution < -0.4 is 10.1 Å². The van der Waals surface area contributed by atoms with E-state index in [1.807, 2.05) is 30.3 Å². The average Bonchev–Trinajstić information content (AvgIpc) is 2.43. The molecule has 0 unspecified atom stereocenters. The minimum absolute atomic E-state index is 0.335. The van der Waals surface area contributed by atoms with E-state index in [2.05, 4.69) is 10.3 Å². The van der Waals surface area contributed by atoms with Crippen LogP contribution in [0.1, 0.15) is 0 Å². The van der Waals surface area contributed by atoms with Crippen molar-refractivity contribution in [3.63, 3.8) is 0 Å². The second-order valence-electron chi connectivity index (χ2n) is 3.69. The minimum atomic E-state index is -0.504. The summed E-state index contributed by atoms with van der Waals surface area (Å²) in [7, 11) is 0. The van der Waals surface area contributed by atoms with Gasteiger partial charge in [0, 0.05) is 11.6 Å². The van der Waals surface area contributed by atoms with Gasteiger partial charge in [-0.05, 0) is 12.1 Å². The molecule has 1 amide bonds. The number of para-hydroxylation sites is 1. The average molecular weight is 246 g/mol. The van der Waals surface area contributed by atoms with Crippen molar-refractivity contribution in [1.82, 2.24) is 10.3 Å². The number of aliphatic hydroxyl groups excluding tert-OH is 1. The smallest absolute Gasteiger partial charge is 0.245 e. The molecule has 0 spiro atoms. The number of rotatable bonds is 5. The zero-order valence-corrected chi connectivity index (χ0v) is 9.80. The second kappa shape index (κ2) is 5.97. The van der Waals surface area contributed by atoms with E-state index >= 15 is 0 Å². The highest BCUT2D eigenvalue weighted by Gasteiger charge is 2.02. The van der Waals surface area contributed by atoms with Crippen molar-refractivity contribution in [2.75, 3.05) is 19.8 Å². The third kappa shape index (κ3) is 2.95. The molecule has 1 aromatic carbocycles. The Labute approximate surface area is 104 Å². The standard InChI is InChI=1S/C13H14N2O3/c16-9-12(17)14-7-8-18-11-5-1-3-10-4-2-6-15-13(10)11/h1-6,16H,7-9H2,(H,14,17). The quantitative estimate of drug-likeness (QED) is 0.763. The molecule has 2 rings (SSSR count). The number of aromatic nitrogens is 1. The number of nitrogens with one attached hydrogen (secondary N) is 1. The van der Waals surface area contributed by atoms with Gasteiger partial charge in [-0.2, -0.15) is 0 Å². The van der Waals surface area contributed by atoms with Crippen LogP contribution in [-0.4, -0.2) is 35.8 Å². The first kappa shape index (κ1) is 12.3. The van der Waals surface area contributed by atoms with Crippen LogP contribution in [-0.2, 0) is 4.79 Å². The summed E-state index contributed by atoms with van der Waals surface area (Å²) in [5.41, 5.74) is 0.800. The first-order valence-electron chi connectivity index (χ1n) is 5.65. The molecule has 0 atom stereocenters. The van der Waals surface area contributed by atoms with Gasteiger partial charge in [-0.25, -0.2) is 0 Å². The van der Waals surface area contributed by atoms with Crippen LogP contribution in [0.25, 0.3) is 10.9 Å². The molecule has 94 valence electrons. The lowest BCUT2D eigenvalue weighted by molar-refractivity contribution is -0.123. The number of amides is 1. The van der Waals surface area contributed by atoms with E-state index in [0.717, 1.165) is 10.9 Å². The van der Waals surface area contributed by atoms with E-state index in [-0.39, 0.29) is 0 Å². The highest BCUT2D eigenvalue weighted by atomic mass is 16.5. The molecule has 0 radical (unpaired) electrons. The number of carbonyl (C=O) groups is 1. The number of hydrogen-bond acceptors (Lipinski definition) is 4. The highest BCUT2D eigenvalue weighted by Crippen LogP contribution is 2.22. The zero-order chi connectivity index (χ0) is 12.8. The molecule has 0 aliphatic heterocycles. The van der Waals surface area contributed by atoms with Crippen molar-refractivity contribution < 1.29 is 14.6 Å². The van der Waals surface area contributed by atoms with Crippen molar-refractivity contribution in [2.45, 2.75) is 0 Å². The molecule has 0 bridgehead atoms. The van der Waals surface area contributed by atoms with Crippen LogP contribution in [0.4, 0.5) is 0 Å². The maximum Gasteiger partial charge on any atom is 0.245 e. The fourth-order valence-electron chi connectivity index (χ4n) is 1.60. The van der Waals surface area contributed by atoms with Gasteiger partial charge >= 0.3 is 0 Å². The van der Waals surface area contributed by atoms with E-state index in [1.54, 1.807) is 6.20 Å². The molecular formula is C13H14N2O3. The summed E-state index contributed by atoms with van der Waals surface area (Å²) in [4.78, 5) is 15.1. The normalized spacial score (nSPS) is 10.3. The van der Waals surface area contributed by atoms with Gasteiger partial charge in [0.25, 0.3) is 0 Å². The maximum absolute atomic E-state index is 10.8. The fourth-order valence-corrected chi connectivity index (χ4v) is 1.60. The number of nitrogens with zero attached hydrogens (tertiary/aromatic N) is 1. The molecule has 0 aliphatic rings. The zero-order valence-electron chi connectivity index (χ0n) is 9.80. The summed E-state index contributed by atoms with van der Waals surface area (Å²) >= 11 is 0. The number of hydrogen-bond donors (Lipinski definition) is 2. The lowest BCUT2D eigenvalue weighted by Crippen LogP contribution is -2.30. The molecular weight excluding hydrogens is 232 g/mol. The third-order valence-corrected chi connectivity index (χ3v) is 2.42. The van der Waals surface area contributed by atoms with Gasteiger partial charge in [-0.1, -0.05) is 18.2 Å². The van der Waals surface area contributed by atoms with Crippen LogP contribution in [0.15, 0.2) is 36.5 Å².